The molecule has 0 aliphatic rings. The maximum Gasteiger partial charge on any atom is 0 e. The SMILES string of the molecule is CCCCCP.[HH]. The number of hydrogen-bond acceptors (Lipinski definition) is 0. The molecule has 1 atom stereocenters. The zero-order valence-electron chi connectivity index (χ0n) is 4.41. The Kier molecular flexibility index (Phi) is 5.82. The maximum atomic E-state index is 2.73. The molecule has 0 N–H and O–H groups in total. The highest BCUT2D eigenvalue weighted by Crippen LogP contribution is 1.95. The minimum Gasteiger partial charge on any atom is -0.138 e. The molecule has 0 spiro atoms. The van der Waals surface area contributed by atoms with E-state index in [-0.39, 0.29) is 1.43 Å². The monoisotopic (exact) mass is 106 g/mol. The number of rotatable bonds is 3. The molecule has 0 radical (unpaired) electrons. The Bertz CT molecular complexity index is 20.0. The summed E-state index contributed by atoms with van der Waals surface area (Å²) in [5.41, 5.74) is 0. The van der Waals surface area contributed by atoms with Gasteiger partial charge in [0.25, 0.3) is 0 Å². The maximum absolute atomic E-state index is 2.73. The highest BCUT2D eigenvalue weighted by Gasteiger charge is 1.75. The van der Waals surface area contributed by atoms with Gasteiger partial charge in [-0.1, -0.05) is 19.8 Å². The summed E-state index contributed by atoms with van der Waals surface area (Å²) in [5, 5.41) is 0. The molecule has 1 unspecified atom stereocenters. The lowest BCUT2D eigenvalue weighted by atomic mass is 10.3. The van der Waals surface area contributed by atoms with E-state index in [1.54, 1.807) is 0 Å². The fourth-order valence-corrected chi connectivity index (χ4v) is 0.683. The molecule has 6 heavy (non-hydrogen) atoms. The van der Waals surface area contributed by atoms with Crippen LogP contribution in [0.25, 0.3) is 0 Å². The molecular formula is C5H15P. The van der Waals surface area contributed by atoms with Crippen molar-refractivity contribution in [2.75, 3.05) is 6.16 Å². The molecule has 0 bridgehead atoms. The second kappa shape index (κ2) is 5.43. The van der Waals surface area contributed by atoms with E-state index in [1.807, 2.05) is 0 Å². The molecule has 0 saturated carbocycles. The molecule has 0 amide bonds. The molecule has 0 aromatic rings. The molecule has 0 aliphatic heterocycles. The van der Waals surface area contributed by atoms with Gasteiger partial charge in [0.1, 0.15) is 0 Å². The van der Waals surface area contributed by atoms with Gasteiger partial charge in [-0.25, -0.2) is 0 Å². The first-order valence-corrected chi connectivity index (χ1v) is 3.43. The zero-order chi connectivity index (χ0) is 4.83. The van der Waals surface area contributed by atoms with Crippen molar-refractivity contribution in [3.05, 3.63) is 0 Å². The van der Waals surface area contributed by atoms with Crippen molar-refractivity contribution in [3.63, 3.8) is 0 Å². The average molecular weight is 106 g/mol. The first-order valence-electron chi connectivity index (χ1n) is 2.62. The summed E-state index contributed by atoms with van der Waals surface area (Å²) in [6.07, 6.45) is 5.38. The van der Waals surface area contributed by atoms with Crippen LogP contribution >= 0.6 is 9.24 Å². The van der Waals surface area contributed by atoms with Gasteiger partial charge in [0, 0.05) is 1.43 Å². The molecule has 0 aliphatic carbocycles. The van der Waals surface area contributed by atoms with Crippen LogP contribution in [0.5, 0.6) is 0 Å². The Morgan fingerprint density at radius 2 is 2.17 bits per heavy atom. The van der Waals surface area contributed by atoms with Crippen molar-refractivity contribution >= 4 is 9.24 Å². The lowest BCUT2D eigenvalue weighted by molar-refractivity contribution is 0.779. The van der Waals surface area contributed by atoms with Gasteiger partial charge in [0.15, 0.2) is 0 Å². The summed E-state index contributed by atoms with van der Waals surface area (Å²) >= 11 is 0. The van der Waals surface area contributed by atoms with Crippen LogP contribution in [0.3, 0.4) is 0 Å². The number of hydrogen-bond donors (Lipinski definition) is 0. The molecule has 0 heterocycles. The predicted molar refractivity (Wildman–Crippen MR) is 36.2 cm³/mol. The summed E-state index contributed by atoms with van der Waals surface area (Å²) < 4.78 is 0. The van der Waals surface area contributed by atoms with Gasteiger partial charge in [-0.3, -0.25) is 0 Å². The third kappa shape index (κ3) is 4.43. The minimum atomic E-state index is 0. The molecule has 1 heteroatoms. The molecule has 0 saturated heterocycles. The quantitative estimate of drug-likeness (QED) is 0.382. The summed E-state index contributed by atoms with van der Waals surface area (Å²) in [6.45, 7) is 2.22. The highest BCUT2D eigenvalue weighted by atomic mass is 31.0. The van der Waals surface area contributed by atoms with Crippen molar-refractivity contribution < 1.29 is 1.43 Å². The Labute approximate surface area is 44.0 Å². The van der Waals surface area contributed by atoms with E-state index in [0.29, 0.717) is 0 Å². The summed E-state index contributed by atoms with van der Waals surface area (Å²) in [7, 11) is 2.73. The van der Waals surface area contributed by atoms with E-state index in [4.69, 9.17) is 0 Å². The lowest BCUT2D eigenvalue weighted by Gasteiger charge is -1.86. The topological polar surface area (TPSA) is 0 Å². The van der Waals surface area contributed by atoms with Crippen LogP contribution in [0, 0.1) is 0 Å². The Hall–Kier alpha value is 0.430. The van der Waals surface area contributed by atoms with Crippen LogP contribution in [0.4, 0.5) is 0 Å². The third-order valence-corrected chi connectivity index (χ3v) is 1.22. The number of unbranched alkanes of at least 4 members (excludes halogenated alkanes) is 2. The Balaban J connectivity index is 0. The molecule has 40 valence electrons. The largest absolute Gasteiger partial charge is 0.138 e. The first-order chi connectivity index (χ1) is 2.91. The van der Waals surface area contributed by atoms with Gasteiger partial charge in [0.2, 0.25) is 0 Å². The van der Waals surface area contributed by atoms with E-state index in [9.17, 15) is 0 Å². The van der Waals surface area contributed by atoms with Crippen LogP contribution in [0.1, 0.15) is 27.6 Å². The van der Waals surface area contributed by atoms with Crippen LogP contribution in [-0.2, 0) is 0 Å². The van der Waals surface area contributed by atoms with Crippen LogP contribution < -0.4 is 0 Å². The van der Waals surface area contributed by atoms with E-state index in [1.165, 1.54) is 25.4 Å². The van der Waals surface area contributed by atoms with Crippen LogP contribution in [-0.4, -0.2) is 6.16 Å². The van der Waals surface area contributed by atoms with E-state index in [2.05, 4.69) is 16.2 Å². The summed E-state index contributed by atoms with van der Waals surface area (Å²) in [6, 6.07) is 0. The average Bonchev–Trinajstić information content (AvgIpc) is 1.61. The molecule has 0 rings (SSSR count). The third-order valence-electron chi connectivity index (χ3n) is 0.808. The van der Waals surface area contributed by atoms with Crippen molar-refractivity contribution in [2.24, 2.45) is 0 Å². The van der Waals surface area contributed by atoms with Gasteiger partial charge in [0.05, 0.1) is 0 Å². The van der Waals surface area contributed by atoms with Gasteiger partial charge in [-0.2, -0.15) is 0 Å². The highest BCUT2D eigenvalue weighted by molar-refractivity contribution is 7.16. The van der Waals surface area contributed by atoms with Gasteiger partial charge < -0.3 is 0 Å². The van der Waals surface area contributed by atoms with E-state index >= 15 is 0 Å². The standard InChI is InChI=1S/C5H13P.H2/c1-2-3-4-5-6;/h2-6H2,1H3;1H. The normalized spacial score (nSPS) is 9.00. The molecule has 0 aromatic carbocycles. The summed E-state index contributed by atoms with van der Waals surface area (Å²) in [4.78, 5) is 0. The minimum absolute atomic E-state index is 0. The summed E-state index contributed by atoms with van der Waals surface area (Å²) in [5.74, 6) is 0. The van der Waals surface area contributed by atoms with E-state index in [0.717, 1.165) is 0 Å². The Morgan fingerprint density at radius 3 is 2.33 bits per heavy atom. The van der Waals surface area contributed by atoms with Crippen LogP contribution in [0.2, 0.25) is 0 Å². The molecular weight excluding hydrogens is 91.0 g/mol. The fourth-order valence-electron chi connectivity index (χ4n) is 0.394. The lowest BCUT2D eigenvalue weighted by Crippen LogP contribution is -1.70. The fraction of sp³-hybridized carbons (Fsp3) is 1.00. The second-order valence-corrected chi connectivity index (χ2v) is 2.07. The molecule has 0 aromatic heterocycles. The first kappa shape index (κ1) is 6.43. The van der Waals surface area contributed by atoms with Gasteiger partial charge >= 0.3 is 0 Å². The van der Waals surface area contributed by atoms with Gasteiger partial charge in [-0.05, 0) is 12.6 Å². The van der Waals surface area contributed by atoms with Crippen molar-refractivity contribution in [1.29, 1.82) is 0 Å². The second-order valence-electron chi connectivity index (χ2n) is 1.50. The zero-order valence-corrected chi connectivity index (χ0v) is 5.56. The van der Waals surface area contributed by atoms with Gasteiger partial charge in [-0.15, -0.1) is 9.24 Å². The molecule has 0 fully saturated rings. The molecule has 0 nitrogen and oxygen atoms in total. The van der Waals surface area contributed by atoms with Crippen molar-refractivity contribution in [3.8, 4) is 0 Å². The Morgan fingerprint density at radius 1 is 1.50 bits per heavy atom. The van der Waals surface area contributed by atoms with Crippen molar-refractivity contribution in [1.82, 2.24) is 0 Å². The van der Waals surface area contributed by atoms with E-state index < -0.39 is 0 Å². The smallest absolute Gasteiger partial charge is 0 e. The van der Waals surface area contributed by atoms with Crippen molar-refractivity contribution in [2.45, 2.75) is 26.2 Å². The predicted octanol–water partition coefficient (Wildman–Crippen LogP) is 2.30. The van der Waals surface area contributed by atoms with Crippen LogP contribution in [0.15, 0.2) is 0 Å².